The molecule has 4 saturated carbocycles. The van der Waals surface area contributed by atoms with Crippen LogP contribution in [0.4, 0.5) is 9.59 Å². The Balaban J connectivity index is 0.000000308. The Labute approximate surface area is 614 Å². The number of amides is 2. The summed E-state index contributed by atoms with van der Waals surface area (Å²) in [5, 5.41) is 59.5. The molecule has 0 spiro atoms. The Morgan fingerprint density at radius 3 is 1.15 bits per heavy atom. The molecule has 4 aromatic carbocycles. The number of hydrogen-bond acceptors (Lipinski definition) is 22. The summed E-state index contributed by atoms with van der Waals surface area (Å²) in [6.07, 6.45) is -8.32. The van der Waals surface area contributed by atoms with E-state index in [9.17, 15) is 57.0 Å². The van der Waals surface area contributed by atoms with Gasteiger partial charge in [-0.25, -0.2) is 9.59 Å². The molecule has 10 rings (SSSR count). The third kappa shape index (κ3) is 24.0. The van der Waals surface area contributed by atoms with Crippen molar-refractivity contribution in [3.8, 4) is 0 Å². The molecule has 1 unspecified atom stereocenters. The summed E-state index contributed by atoms with van der Waals surface area (Å²) in [7, 11) is 1.75. The Morgan fingerprint density at radius 2 is 0.777 bits per heavy atom. The van der Waals surface area contributed by atoms with E-state index in [-0.39, 0.29) is 80.5 Å². The van der Waals surface area contributed by atoms with Gasteiger partial charge in [0.2, 0.25) is 0 Å². The first kappa shape index (κ1) is 82.9. The summed E-state index contributed by atoms with van der Waals surface area (Å²) < 4.78 is 48.5. The van der Waals surface area contributed by atoms with Gasteiger partial charge in [0.1, 0.15) is 31.5 Å². The van der Waals surface area contributed by atoms with Crippen molar-refractivity contribution in [3.05, 3.63) is 206 Å². The normalized spacial score (nSPS) is 27.1. The van der Waals surface area contributed by atoms with Crippen molar-refractivity contribution in [3.63, 3.8) is 0 Å². The van der Waals surface area contributed by atoms with Crippen LogP contribution in [0.5, 0.6) is 0 Å². The molecular weight excluding hydrogens is 1350 g/mol. The molecule has 4 aliphatic carbocycles. The minimum Gasteiger partial charge on any atom is -0.857 e. The van der Waals surface area contributed by atoms with Crippen molar-refractivity contribution in [1.82, 2.24) is 9.80 Å². The molecule has 2 saturated heterocycles. The summed E-state index contributed by atoms with van der Waals surface area (Å²) in [6, 6.07) is 31.0. The topological polar surface area (TPSA) is 525 Å². The molecule has 37 heteroatoms. The van der Waals surface area contributed by atoms with Gasteiger partial charge < -0.3 is 58.3 Å². The number of benzene rings is 4. The Hall–Kier alpha value is -9.10. The molecule has 0 radical (unpaired) electrons. The maximum atomic E-state index is 14.0. The average molecular weight is 1440 g/mol. The van der Waals surface area contributed by atoms with Crippen molar-refractivity contribution >= 4 is 24.1 Å². The number of rotatable bonds is 26. The van der Waals surface area contributed by atoms with E-state index in [1.807, 2.05) is 121 Å². The van der Waals surface area contributed by atoms with Crippen molar-refractivity contribution < 1.29 is 107 Å². The SMILES string of the molecule is CC(=O)O[C@@H]1[C@@H](OC(C)=O)[C@H](N=[N+]=[N-])C[C@H](N=[N+]=[N-])[C@H]1O[C@H]1O[C@H]([C@H](C2CC2)N(Cc2ccccc2)C(=O)OCc2ccccc2)CCC1N=[N+]=[N-].CO.C[O-].[N-]=[N+]=N[C@H]1CC[C@@H]([C@H](C2CC2)N(Cc2ccccc2)C(=O)OCc2ccccc2)O[C@@H]1O[C@H]1[C@H](O)[C@@H](O)[C@H](N=[N+]=[N-])C[C@@H]1N=[N+]=[N-].[Na+]. The van der Waals surface area contributed by atoms with Crippen LogP contribution in [0.3, 0.4) is 0 Å². The first-order valence-electron chi connectivity index (χ1n) is 33.1. The van der Waals surface area contributed by atoms with E-state index >= 15 is 0 Å². The van der Waals surface area contributed by atoms with E-state index in [1.54, 1.807) is 9.80 Å². The quantitative estimate of drug-likeness (QED) is 0.0134. The average Bonchev–Trinajstić information content (AvgIpc) is 1.75. The standard InChI is InChI=1S/C34H40N10O8.C30H36N10O6.CH4O.CH3O.Na/c1-20(45)49-30-26(39-42-36)17-27(40-43-37)31(32(30)50-21(2)46)52-33-25(38-41-35)15-16-28(51-33)29(24-13-14-24)44(18-22-9-5-3-6-10-22)34(47)48-19-23-11-7-4-8-12-23;31-37-34-21-13-14-24(45-29(21)46-28-23(36-39-33)15-22(35-38-32)26(41)27(28)42)25(20-11-12-20)40(16-18-7-3-1-4-8-18)30(43)44-17-19-9-5-2-6-10-19;2*1-2;/h3-12,24-33H,13-19H2,1-2H3;1-10,20-29,41-42H,11-17H2;2H,1H3;1H3;/q;;;-1;+1/t25?,26-,27+,28+,29+,30+,31-,32-,33-;21-,22+,23-,24-,25-,26-,27+,28+,29+;;;/m10.../s1. The Kier molecular flexibility index (Phi) is 34.7. The minimum atomic E-state index is -1.60. The molecule has 0 aromatic heterocycles. The van der Waals surface area contributed by atoms with Crippen LogP contribution in [0.1, 0.15) is 100 Å². The largest absolute Gasteiger partial charge is 1.00 e. The first-order chi connectivity index (χ1) is 49.6. The number of aliphatic hydroxyl groups excluding tert-OH is 3. The summed E-state index contributed by atoms with van der Waals surface area (Å²) in [4.78, 5) is 72.9. The number of carbonyl (C=O) groups excluding carboxylic acids is 4. The second kappa shape index (κ2) is 43.1. The van der Waals surface area contributed by atoms with Gasteiger partial charge in [0.05, 0.1) is 72.8 Å². The van der Waals surface area contributed by atoms with E-state index in [2.05, 4.69) is 60.2 Å². The van der Waals surface area contributed by atoms with Crippen molar-refractivity contribution in [1.29, 1.82) is 0 Å². The van der Waals surface area contributed by atoms with E-state index in [4.69, 9.17) is 53.6 Å². The minimum absolute atomic E-state index is 0. The van der Waals surface area contributed by atoms with Gasteiger partial charge >= 0.3 is 53.7 Å². The monoisotopic (exact) mass is 1430 g/mol. The third-order valence-electron chi connectivity index (χ3n) is 17.9. The molecule has 2 heterocycles. The third-order valence-corrected chi connectivity index (χ3v) is 17.9. The van der Waals surface area contributed by atoms with Crippen LogP contribution < -0.4 is 34.7 Å². The first-order valence-corrected chi connectivity index (χ1v) is 33.1. The molecule has 2 aliphatic heterocycles. The van der Waals surface area contributed by atoms with Gasteiger partial charge in [-0.3, -0.25) is 19.4 Å². The van der Waals surface area contributed by atoms with E-state index in [1.165, 1.54) is 0 Å². The summed E-state index contributed by atoms with van der Waals surface area (Å²) >= 11 is 0. The van der Waals surface area contributed by atoms with Gasteiger partial charge in [-0.1, -0.05) is 152 Å². The summed E-state index contributed by atoms with van der Waals surface area (Å²) in [6.45, 7) is 2.95. The fourth-order valence-corrected chi connectivity index (χ4v) is 13.2. The predicted molar refractivity (Wildman–Crippen MR) is 360 cm³/mol. The number of aliphatic hydroxyl groups is 3. The van der Waals surface area contributed by atoms with Gasteiger partial charge in [-0.05, 0) is 131 Å². The number of carbonyl (C=O) groups is 4. The van der Waals surface area contributed by atoms with Crippen LogP contribution in [0.25, 0.3) is 62.7 Å². The Bertz CT molecular complexity index is 3640. The van der Waals surface area contributed by atoms with E-state index in [0.29, 0.717) is 25.7 Å². The Morgan fingerprint density at radius 1 is 0.456 bits per heavy atom. The molecule has 544 valence electrons. The van der Waals surface area contributed by atoms with Gasteiger partial charge in [-0.15, -0.1) is 0 Å². The van der Waals surface area contributed by atoms with Crippen molar-refractivity contribution in [2.75, 3.05) is 14.2 Å². The molecule has 3 N–H and O–H groups in total. The van der Waals surface area contributed by atoms with Crippen LogP contribution in [0.2, 0.25) is 0 Å². The van der Waals surface area contributed by atoms with Crippen LogP contribution in [0, 0.1) is 11.8 Å². The molecule has 6 aliphatic rings. The molecule has 0 bridgehead atoms. The molecule has 2 amide bonds. The molecule has 4 aromatic rings. The molecule has 18 atom stereocenters. The van der Waals surface area contributed by atoms with Crippen molar-refractivity contribution in [2.45, 2.75) is 214 Å². The van der Waals surface area contributed by atoms with Gasteiger partial charge in [0.15, 0.2) is 18.7 Å². The number of nitrogens with zero attached hydrogens (tertiary/aromatic N) is 20. The molecule has 36 nitrogen and oxygen atoms in total. The van der Waals surface area contributed by atoms with Gasteiger partial charge in [-0.2, -0.15) is 7.11 Å². The zero-order chi connectivity index (χ0) is 73.5. The second-order valence-electron chi connectivity index (χ2n) is 24.6. The predicted octanol–water partition coefficient (Wildman–Crippen LogP) is 8.04. The van der Waals surface area contributed by atoms with Crippen LogP contribution in [-0.2, 0) is 73.8 Å². The van der Waals surface area contributed by atoms with Crippen molar-refractivity contribution in [2.24, 2.45) is 42.5 Å². The maximum absolute atomic E-state index is 14.0. The number of hydrogen-bond donors (Lipinski definition) is 3. The van der Waals surface area contributed by atoms with Crippen LogP contribution >= 0.6 is 0 Å². The summed E-state index contributed by atoms with van der Waals surface area (Å²) in [5.41, 5.74) is 59.0. The van der Waals surface area contributed by atoms with Gasteiger partial charge in [0.25, 0.3) is 0 Å². The fraction of sp³-hybridized carbons (Fsp3) is 0.576. The smallest absolute Gasteiger partial charge is 0.857 e. The van der Waals surface area contributed by atoms with Crippen LogP contribution in [-0.4, -0.2) is 173 Å². The molecular formula is C66H83N20NaO16. The molecule has 103 heavy (non-hydrogen) atoms. The number of azide groups is 6. The summed E-state index contributed by atoms with van der Waals surface area (Å²) in [5.74, 6) is -1.32. The zero-order valence-corrected chi connectivity index (χ0v) is 59.6. The van der Waals surface area contributed by atoms with Crippen LogP contribution in [0.15, 0.2) is 152 Å². The van der Waals surface area contributed by atoms with E-state index < -0.39 is 134 Å². The number of ether oxygens (including phenoxy) is 8. The molecule has 6 fully saturated rings. The van der Waals surface area contributed by atoms with Gasteiger partial charge in [0, 0.05) is 63.5 Å². The fourth-order valence-electron chi connectivity index (χ4n) is 13.2. The number of esters is 2. The maximum Gasteiger partial charge on any atom is 1.00 e. The second-order valence-corrected chi connectivity index (χ2v) is 24.6. The van der Waals surface area contributed by atoms with E-state index in [0.717, 1.165) is 76.0 Å². The zero-order valence-electron chi connectivity index (χ0n) is 57.6.